The molecule has 0 bridgehead atoms. The highest BCUT2D eigenvalue weighted by Gasteiger charge is 2.31. The summed E-state index contributed by atoms with van der Waals surface area (Å²) >= 11 is 0. The normalized spacial score (nSPS) is 20.9. The van der Waals surface area contributed by atoms with E-state index in [0.717, 1.165) is 55.1 Å². The molecule has 0 aliphatic carbocycles. The third-order valence-corrected chi connectivity index (χ3v) is 6.14. The summed E-state index contributed by atoms with van der Waals surface area (Å²) in [5.41, 5.74) is 2.22. The Labute approximate surface area is 164 Å². The molecule has 5 rings (SSSR count). The molecule has 2 aliphatic rings. The SMILES string of the molecule is C[C@H](NC1CCN(c2ncnc3c2cnn3C)CC1)[C@@H]1COc2ccccc21. The number of hydrogen-bond donors (Lipinski definition) is 1. The third kappa shape index (κ3) is 2.99. The number of aromatic nitrogens is 4. The van der Waals surface area contributed by atoms with Crippen molar-refractivity contribution in [3.63, 3.8) is 0 Å². The first-order chi connectivity index (χ1) is 13.7. The maximum absolute atomic E-state index is 5.87. The quantitative estimate of drug-likeness (QED) is 0.752. The highest BCUT2D eigenvalue weighted by molar-refractivity contribution is 5.86. The molecule has 4 heterocycles. The molecule has 7 heteroatoms. The molecule has 146 valence electrons. The summed E-state index contributed by atoms with van der Waals surface area (Å²) in [5, 5.41) is 9.22. The Morgan fingerprint density at radius 1 is 1.18 bits per heavy atom. The zero-order chi connectivity index (χ0) is 19.1. The van der Waals surface area contributed by atoms with Gasteiger partial charge in [0.25, 0.3) is 0 Å². The summed E-state index contributed by atoms with van der Waals surface area (Å²) in [7, 11) is 1.92. The van der Waals surface area contributed by atoms with Crippen molar-refractivity contribution in [2.45, 2.75) is 37.8 Å². The van der Waals surface area contributed by atoms with E-state index in [9.17, 15) is 0 Å². The van der Waals surface area contributed by atoms with Crippen LogP contribution in [0.4, 0.5) is 5.82 Å². The average Bonchev–Trinajstić information content (AvgIpc) is 3.33. The Kier molecular flexibility index (Phi) is 4.39. The van der Waals surface area contributed by atoms with Gasteiger partial charge in [0.15, 0.2) is 5.65 Å². The van der Waals surface area contributed by atoms with Gasteiger partial charge in [-0.1, -0.05) is 18.2 Å². The van der Waals surface area contributed by atoms with E-state index in [-0.39, 0.29) is 0 Å². The molecular weight excluding hydrogens is 352 g/mol. The Balaban J connectivity index is 1.23. The first kappa shape index (κ1) is 17.4. The van der Waals surface area contributed by atoms with E-state index < -0.39 is 0 Å². The molecule has 0 spiro atoms. The highest BCUT2D eigenvalue weighted by Crippen LogP contribution is 2.36. The van der Waals surface area contributed by atoms with Gasteiger partial charge in [-0.2, -0.15) is 5.10 Å². The van der Waals surface area contributed by atoms with Crippen LogP contribution in [0.15, 0.2) is 36.8 Å². The van der Waals surface area contributed by atoms with Gasteiger partial charge in [-0.05, 0) is 25.8 Å². The molecule has 7 nitrogen and oxygen atoms in total. The molecule has 1 fully saturated rings. The second-order valence-electron chi connectivity index (χ2n) is 7.87. The van der Waals surface area contributed by atoms with Gasteiger partial charge in [-0.3, -0.25) is 4.68 Å². The minimum Gasteiger partial charge on any atom is -0.493 e. The summed E-state index contributed by atoms with van der Waals surface area (Å²) in [6.45, 7) is 5.03. The van der Waals surface area contributed by atoms with Crippen LogP contribution in [0.2, 0.25) is 0 Å². The molecule has 2 aliphatic heterocycles. The summed E-state index contributed by atoms with van der Waals surface area (Å²) in [5.74, 6) is 2.47. The lowest BCUT2D eigenvalue weighted by molar-refractivity contribution is 0.283. The van der Waals surface area contributed by atoms with Gasteiger partial charge in [0.2, 0.25) is 0 Å². The lowest BCUT2D eigenvalue weighted by Crippen LogP contribution is -2.47. The Hall–Kier alpha value is -2.67. The number of para-hydroxylation sites is 1. The smallest absolute Gasteiger partial charge is 0.163 e. The van der Waals surface area contributed by atoms with Gasteiger partial charge in [-0.25, -0.2) is 9.97 Å². The Morgan fingerprint density at radius 3 is 2.86 bits per heavy atom. The Bertz CT molecular complexity index is 978. The average molecular weight is 378 g/mol. The fraction of sp³-hybridized carbons (Fsp3) is 0.476. The first-order valence-electron chi connectivity index (χ1n) is 10.1. The topological polar surface area (TPSA) is 68.1 Å². The predicted molar refractivity (Wildman–Crippen MR) is 109 cm³/mol. The van der Waals surface area contributed by atoms with Crippen LogP contribution < -0.4 is 15.0 Å². The second kappa shape index (κ2) is 7.05. The van der Waals surface area contributed by atoms with Gasteiger partial charge in [0.1, 0.15) is 17.9 Å². The molecule has 2 atom stereocenters. The van der Waals surface area contributed by atoms with E-state index in [1.165, 1.54) is 5.56 Å². The van der Waals surface area contributed by atoms with Crippen molar-refractivity contribution in [3.8, 4) is 5.75 Å². The van der Waals surface area contributed by atoms with Gasteiger partial charge in [0, 0.05) is 43.7 Å². The number of hydrogen-bond acceptors (Lipinski definition) is 6. The van der Waals surface area contributed by atoms with Crippen LogP contribution in [0.1, 0.15) is 31.2 Å². The number of anilines is 1. The molecule has 28 heavy (non-hydrogen) atoms. The van der Waals surface area contributed by atoms with Gasteiger partial charge >= 0.3 is 0 Å². The van der Waals surface area contributed by atoms with Crippen LogP contribution in [0.3, 0.4) is 0 Å². The molecule has 1 N–H and O–H groups in total. The number of nitrogens with zero attached hydrogens (tertiary/aromatic N) is 5. The fourth-order valence-corrected chi connectivity index (χ4v) is 4.55. The van der Waals surface area contributed by atoms with Crippen LogP contribution in [0.25, 0.3) is 11.0 Å². The van der Waals surface area contributed by atoms with Crippen LogP contribution in [0.5, 0.6) is 5.75 Å². The fourth-order valence-electron chi connectivity index (χ4n) is 4.55. The monoisotopic (exact) mass is 378 g/mol. The molecule has 2 aromatic heterocycles. The lowest BCUT2D eigenvalue weighted by Gasteiger charge is -2.35. The standard InChI is InChI=1S/C21H26N6O/c1-14(18-12-28-19-6-4-3-5-16(18)19)25-15-7-9-27(10-8-15)21-17-11-24-26(2)20(17)22-13-23-21/h3-6,11,13-15,18,25H,7-10,12H2,1-2H3/t14-,18-/m0/s1. The number of piperidine rings is 1. The molecule has 1 saturated heterocycles. The van der Waals surface area contributed by atoms with E-state index in [4.69, 9.17) is 4.74 Å². The van der Waals surface area contributed by atoms with Crippen molar-refractivity contribution >= 4 is 16.9 Å². The Morgan fingerprint density at radius 2 is 2.00 bits per heavy atom. The van der Waals surface area contributed by atoms with Gasteiger partial charge in [0.05, 0.1) is 18.2 Å². The predicted octanol–water partition coefficient (Wildman–Crippen LogP) is 2.49. The van der Waals surface area contributed by atoms with Crippen LogP contribution in [-0.4, -0.2) is 51.5 Å². The van der Waals surface area contributed by atoms with Crippen molar-refractivity contribution < 1.29 is 4.74 Å². The number of nitrogens with one attached hydrogen (secondary N) is 1. The number of fused-ring (bicyclic) bond motifs is 2. The number of rotatable bonds is 4. The van der Waals surface area contributed by atoms with E-state index in [1.807, 2.05) is 19.3 Å². The molecule has 0 amide bonds. The van der Waals surface area contributed by atoms with Crippen molar-refractivity contribution in [2.75, 3.05) is 24.6 Å². The zero-order valence-corrected chi connectivity index (χ0v) is 16.4. The number of ether oxygens (including phenoxy) is 1. The van der Waals surface area contributed by atoms with E-state index in [0.29, 0.717) is 18.0 Å². The van der Waals surface area contributed by atoms with E-state index >= 15 is 0 Å². The van der Waals surface area contributed by atoms with E-state index in [1.54, 1.807) is 11.0 Å². The molecular formula is C21H26N6O. The maximum atomic E-state index is 5.87. The summed E-state index contributed by atoms with van der Waals surface area (Å²) in [6.07, 6.45) is 5.72. The largest absolute Gasteiger partial charge is 0.493 e. The highest BCUT2D eigenvalue weighted by atomic mass is 16.5. The zero-order valence-electron chi connectivity index (χ0n) is 16.4. The minimum absolute atomic E-state index is 0.393. The summed E-state index contributed by atoms with van der Waals surface area (Å²) in [4.78, 5) is 11.3. The summed E-state index contributed by atoms with van der Waals surface area (Å²) < 4.78 is 7.67. The molecule has 3 aromatic rings. The van der Waals surface area contributed by atoms with Crippen molar-refractivity contribution in [3.05, 3.63) is 42.4 Å². The molecule has 0 radical (unpaired) electrons. The van der Waals surface area contributed by atoms with Crippen molar-refractivity contribution in [1.82, 2.24) is 25.1 Å². The van der Waals surface area contributed by atoms with E-state index in [2.05, 4.69) is 50.4 Å². The first-order valence-corrected chi connectivity index (χ1v) is 10.1. The lowest BCUT2D eigenvalue weighted by atomic mass is 9.93. The van der Waals surface area contributed by atoms with Crippen molar-refractivity contribution in [2.24, 2.45) is 7.05 Å². The van der Waals surface area contributed by atoms with Gasteiger partial charge in [-0.15, -0.1) is 0 Å². The molecule has 1 aromatic carbocycles. The van der Waals surface area contributed by atoms with Crippen molar-refractivity contribution in [1.29, 1.82) is 0 Å². The number of benzene rings is 1. The molecule has 0 unspecified atom stereocenters. The second-order valence-corrected chi connectivity index (χ2v) is 7.87. The minimum atomic E-state index is 0.393. The summed E-state index contributed by atoms with van der Waals surface area (Å²) in [6, 6.07) is 9.33. The van der Waals surface area contributed by atoms with Crippen LogP contribution in [0, 0.1) is 0 Å². The third-order valence-electron chi connectivity index (χ3n) is 6.14. The molecule has 0 saturated carbocycles. The maximum Gasteiger partial charge on any atom is 0.163 e. The number of aryl methyl sites for hydroxylation is 1. The van der Waals surface area contributed by atoms with Crippen LogP contribution in [-0.2, 0) is 7.05 Å². The van der Waals surface area contributed by atoms with Gasteiger partial charge < -0.3 is 15.0 Å². The van der Waals surface area contributed by atoms with Crippen LogP contribution >= 0.6 is 0 Å².